The molecule has 2 aliphatic heterocycles. The van der Waals surface area contributed by atoms with Crippen molar-refractivity contribution in [1.29, 1.82) is 0 Å². The van der Waals surface area contributed by atoms with Crippen LogP contribution in [0.3, 0.4) is 0 Å². The zero-order valence-electron chi connectivity index (χ0n) is 12.9. The molecule has 0 bridgehead atoms. The number of allylic oxidation sites excluding steroid dienone is 2. The van der Waals surface area contributed by atoms with Gasteiger partial charge in [-0.3, -0.25) is 4.79 Å². The van der Waals surface area contributed by atoms with Crippen LogP contribution in [0.15, 0.2) is 35.8 Å². The van der Waals surface area contributed by atoms with Gasteiger partial charge in [0, 0.05) is 11.3 Å². The molecule has 3 heterocycles. The molecular formula is C16H16N4O3. The van der Waals surface area contributed by atoms with Gasteiger partial charge in [-0.2, -0.15) is 10.1 Å². The molecule has 1 atom stereocenters. The lowest BCUT2D eigenvalue weighted by atomic mass is 9.93. The number of fused-ring (bicyclic) bond motifs is 2. The molecule has 1 aromatic heterocycles. The van der Waals surface area contributed by atoms with E-state index in [1.165, 1.54) is 6.33 Å². The van der Waals surface area contributed by atoms with Crippen molar-refractivity contribution >= 4 is 11.7 Å². The Bertz CT molecular complexity index is 824. The van der Waals surface area contributed by atoms with Gasteiger partial charge in [-0.1, -0.05) is 6.07 Å². The summed E-state index contributed by atoms with van der Waals surface area (Å²) in [6.07, 6.45) is 1.48. The van der Waals surface area contributed by atoms with Crippen LogP contribution in [0.4, 0.5) is 5.95 Å². The van der Waals surface area contributed by atoms with Crippen LogP contribution in [-0.2, 0) is 4.79 Å². The fraction of sp³-hybridized carbons (Fsp3) is 0.312. The summed E-state index contributed by atoms with van der Waals surface area (Å²) < 4.78 is 12.9. The first-order valence-electron chi connectivity index (χ1n) is 7.43. The second-order valence-electron chi connectivity index (χ2n) is 5.55. The summed E-state index contributed by atoms with van der Waals surface area (Å²) in [5.74, 6) is 2.02. The minimum atomic E-state index is -0.331. The lowest BCUT2D eigenvalue weighted by Gasteiger charge is -2.29. The minimum absolute atomic E-state index is 0.00367. The van der Waals surface area contributed by atoms with Gasteiger partial charge >= 0.3 is 0 Å². The molecule has 1 N–H and O–H groups in total. The third-order valence-corrected chi connectivity index (χ3v) is 4.06. The van der Waals surface area contributed by atoms with E-state index < -0.39 is 0 Å². The Kier molecular flexibility index (Phi) is 3.07. The van der Waals surface area contributed by atoms with E-state index in [0.717, 1.165) is 17.0 Å². The fourth-order valence-electron chi connectivity index (χ4n) is 3.09. The largest absolute Gasteiger partial charge is 0.486 e. The Morgan fingerprint density at radius 1 is 1.30 bits per heavy atom. The van der Waals surface area contributed by atoms with Crippen molar-refractivity contribution in [3.05, 3.63) is 41.4 Å². The van der Waals surface area contributed by atoms with Gasteiger partial charge in [0.25, 0.3) is 0 Å². The number of carbonyl (C=O) groups is 1. The number of aromatic nitrogens is 3. The highest BCUT2D eigenvalue weighted by atomic mass is 16.6. The van der Waals surface area contributed by atoms with Crippen LogP contribution in [0, 0.1) is 0 Å². The third-order valence-electron chi connectivity index (χ3n) is 4.06. The van der Waals surface area contributed by atoms with E-state index in [2.05, 4.69) is 15.4 Å². The molecule has 7 nitrogen and oxygen atoms in total. The standard InChI is InChI=1S/C16H16N4O3/c1-9-14(10(2)21)15(20-16(19-9)17-8-18-20)11-3-4-12-13(7-11)23-6-5-22-12/h3-4,7-8,15H,5-6H2,1-2H3,(H,17,18,19). The Balaban J connectivity index is 1.87. The van der Waals surface area contributed by atoms with E-state index in [-0.39, 0.29) is 11.8 Å². The van der Waals surface area contributed by atoms with E-state index in [4.69, 9.17) is 9.47 Å². The zero-order valence-corrected chi connectivity index (χ0v) is 12.9. The number of anilines is 1. The van der Waals surface area contributed by atoms with E-state index in [9.17, 15) is 4.79 Å². The summed E-state index contributed by atoms with van der Waals surface area (Å²) in [7, 11) is 0. The van der Waals surface area contributed by atoms with Crippen LogP contribution >= 0.6 is 0 Å². The Morgan fingerprint density at radius 3 is 2.87 bits per heavy atom. The first-order chi connectivity index (χ1) is 11.1. The van der Waals surface area contributed by atoms with E-state index in [1.807, 2.05) is 25.1 Å². The predicted octanol–water partition coefficient (Wildman–Crippen LogP) is 1.93. The average molecular weight is 312 g/mol. The van der Waals surface area contributed by atoms with Crippen LogP contribution < -0.4 is 14.8 Å². The maximum Gasteiger partial charge on any atom is 0.226 e. The number of rotatable bonds is 2. The van der Waals surface area contributed by atoms with E-state index in [0.29, 0.717) is 30.5 Å². The summed E-state index contributed by atoms with van der Waals surface area (Å²) in [5.41, 5.74) is 2.37. The zero-order chi connectivity index (χ0) is 16.0. The molecule has 0 radical (unpaired) electrons. The lowest BCUT2D eigenvalue weighted by molar-refractivity contribution is -0.114. The molecule has 118 valence electrons. The fourth-order valence-corrected chi connectivity index (χ4v) is 3.09. The summed E-state index contributed by atoms with van der Waals surface area (Å²) in [4.78, 5) is 16.4. The highest BCUT2D eigenvalue weighted by Gasteiger charge is 2.32. The summed E-state index contributed by atoms with van der Waals surface area (Å²) in [6.45, 7) is 4.50. The van der Waals surface area contributed by atoms with Gasteiger partial charge in [-0.05, 0) is 31.5 Å². The summed E-state index contributed by atoms with van der Waals surface area (Å²) in [5, 5.41) is 7.40. The normalized spacial score (nSPS) is 19.1. The summed E-state index contributed by atoms with van der Waals surface area (Å²) >= 11 is 0. The number of benzene rings is 1. The molecule has 4 rings (SSSR count). The van der Waals surface area contributed by atoms with Crippen LogP contribution in [0.5, 0.6) is 11.5 Å². The van der Waals surface area contributed by atoms with Crippen molar-refractivity contribution in [2.75, 3.05) is 18.5 Å². The van der Waals surface area contributed by atoms with Crippen LogP contribution in [0.25, 0.3) is 0 Å². The van der Waals surface area contributed by atoms with Crippen LogP contribution in [0.1, 0.15) is 25.5 Å². The molecule has 0 spiro atoms. The lowest BCUT2D eigenvalue weighted by Crippen LogP contribution is -2.28. The van der Waals surface area contributed by atoms with Gasteiger partial charge in [0.2, 0.25) is 5.95 Å². The quantitative estimate of drug-likeness (QED) is 0.913. The maximum absolute atomic E-state index is 12.2. The average Bonchev–Trinajstić information content (AvgIpc) is 3.00. The molecule has 0 aliphatic carbocycles. The monoisotopic (exact) mass is 312 g/mol. The Morgan fingerprint density at radius 2 is 2.09 bits per heavy atom. The van der Waals surface area contributed by atoms with Gasteiger partial charge in [0.15, 0.2) is 17.3 Å². The topological polar surface area (TPSA) is 78.3 Å². The maximum atomic E-state index is 12.2. The van der Waals surface area contributed by atoms with Crippen LogP contribution in [-0.4, -0.2) is 33.8 Å². The third kappa shape index (κ3) is 2.16. The van der Waals surface area contributed by atoms with Gasteiger partial charge in [-0.25, -0.2) is 4.68 Å². The van der Waals surface area contributed by atoms with Gasteiger partial charge in [-0.15, -0.1) is 0 Å². The SMILES string of the molecule is CC(=O)C1=C(C)Nc2ncnn2C1c1ccc2c(c1)OCCO2. The molecule has 0 amide bonds. The smallest absolute Gasteiger partial charge is 0.226 e. The van der Waals surface area contributed by atoms with Gasteiger partial charge < -0.3 is 14.8 Å². The van der Waals surface area contributed by atoms with Crippen molar-refractivity contribution in [2.24, 2.45) is 0 Å². The molecule has 1 unspecified atom stereocenters. The molecular weight excluding hydrogens is 296 g/mol. The van der Waals surface area contributed by atoms with Gasteiger partial charge in [0.05, 0.1) is 0 Å². The van der Waals surface area contributed by atoms with Crippen molar-refractivity contribution < 1.29 is 14.3 Å². The number of ether oxygens (including phenoxy) is 2. The molecule has 0 fully saturated rings. The van der Waals surface area contributed by atoms with E-state index >= 15 is 0 Å². The minimum Gasteiger partial charge on any atom is -0.486 e. The summed E-state index contributed by atoms with van der Waals surface area (Å²) in [6, 6.07) is 5.38. The number of carbonyl (C=O) groups excluding carboxylic acids is 1. The first-order valence-corrected chi connectivity index (χ1v) is 7.43. The number of nitrogens with zero attached hydrogens (tertiary/aromatic N) is 3. The molecule has 2 aromatic rings. The molecule has 7 heteroatoms. The van der Waals surface area contributed by atoms with Crippen molar-refractivity contribution in [1.82, 2.24) is 14.8 Å². The van der Waals surface area contributed by atoms with Gasteiger partial charge in [0.1, 0.15) is 25.6 Å². The molecule has 1 aromatic carbocycles. The highest BCUT2D eigenvalue weighted by Crippen LogP contribution is 2.39. The second-order valence-corrected chi connectivity index (χ2v) is 5.55. The number of Topliss-reactive ketones (excluding diaryl/α,β-unsaturated/α-hetero) is 1. The number of ketones is 1. The molecule has 2 aliphatic rings. The highest BCUT2D eigenvalue weighted by molar-refractivity contribution is 5.96. The Hall–Kier alpha value is -2.83. The van der Waals surface area contributed by atoms with Crippen molar-refractivity contribution in [3.63, 3.8) is 0 Å². The molecule has 23 heavy (non-hydrogen) atoms. The van der Waals surface area contributed by atoms with Crippen LogP contribution in [0.2, 0.25) is 0 Å². The number of nitrogens with one attached hydrogen (secondary N) is 1. The number of hydrogen-bond acceptors (Lipinski definition) is 6. The van der Waals surface area contributed by atoms with E-state index in [1.54, 1.807) is 11.6 Å². The predicted molar refractivity (Wildman–Crippen MR) is 82.6 cm³/mol. The van der Waals surface area contributed by atoms with Crippen molar-refractivity contribution in [2.45, 2.75) is 19.9 Å². The van der Waals surface area contributed by atoms with Crippen molar-refractivity contribution in [3.8, 4) is 11.5 Å². The first kappa shape index (κ1) is 13.8. The molecule has 0 saturated carbocycles. The second kappa shape index (κ2) is 5.12. The molecule has 0 saturated heterocycles. The Labute approximate surface area is 132 Å². The number of hydrogen-bond donors (Lipinski definition) is 1.